The first kappa shape index (κ1) is 16.3. The molecule has 124 valence electrons. The number of benzene rings is 1. The Kier molecular flexibility index (Phi) is 4.68. The topological polar surface area (TPSA) is 94.1 Å². The van der Waals surface area contributed by atoms with E-state index in [1.807, 2.05) is 30.5 Å². The number of nitro groups is 1. The second-order valence-corrected chi connectivity index (χ2v) is 6.33. The molecule has 24 heavy (non-hydrogen) atoms. The largest absolute Gasteiger partial charge is 0.419 e. The van der Waals surface area contributed by atoms with Crippen molar-refractivity contribution in [3.63, 3.8) is 0 Å². The minimum absolute atomic E-state index is 0.0820. The maximum Gasteiger partial charge on any atom is 0.272 e. The van der Waals surface area contributed by atoms with Gasteiger partial charge in [0.15, 0.2) is 0 Å². The molecule has 1 unspecified atom stereocenters. The van der Waals surface area contributed by atoms with Crippen LogP contribution < -0.4 is 5.32 Å². The van der Waals surface area contributed by atoms with E-state index in [2.05, 4.69) is 15.5 Å². The van der Waals surface area contributed by atoms with E-state index in [9.17, 15) is 10.1 Å². The lowest BCUT2D eigenvalue weighted by molar-refractivity contribution is -0.385. The molecule has 0 spiro atoms. The van der Waals surface area contributed by atoms with Crippen molar-refractivity contribution in [2.45, 2.75) is 26.4 Å². The predicted octanol–water partition coefficient (Wildman–Crippen LogP) is 3.87. The van der Waals surface area contributed by atoms with Crippen LogP contribution in [0.5, 0.6) is 0 Å². The summed E-state index contributed by atoms with van der Waals surface area (Å²) in [5, 5.41) is 24.3. The normalized spacial score (nSPS) is 12.2. The lowest BCUT2D eigenvalue weighted by Crippen LogP contribution is -2.18. The van der Waals surface area contributed by atoms with Crippen LogP contribution in [-0.4, -0.2) is 15.1 Å². The summed E-state index contributed by atoms with van der Waals surface area (Å²) in [6.07, 6.45) is 0. The summed E-state index contributed by atoms with van der Waals surface area (Å²) in [4.78, 5) is 11.6. The summed E-state index contributed by atoms with van der Waals surface area (Å²) in [7, 11) is 0. The maximum atomic E-state index is 11.0. The fraction of sp³-hybridized carbons (Fsp3) is 0.250. The smallest absolute Gasteiger partial charge is 0.272 e. The molecule has 0 fully saturated rings. The third-order valence-corrected chi connectivity index (χ3v) is 4.55. The standard InChI is InChI=1S/C16H16N4O3S/c1-10-5-6-12(8-13(10)20(21)22)11(2)17-9-15-18-19-16(23-15)14-4-3-7-24-14/h3-8,11,17H,9H2,1-2H3. The quantitative estimate of drug-likeness (QED) is 0.539. The van der Waals surface area contributed by atoms with Crippen LogP contribution >= 0.6 is 11.3 Å². The summed E-state index contributed by atoms with van der Waals surface area (Å²) in [6.45, 7) is 4.05. The number of aromatic nitrogens is 2. The zero-order valence-electron chi connectivity index (χ0n) is 13.2. The van der Waals surface area contributed by atoms with Crippen molar-refractivity contribution >= 4 is 17.0 Å². The van der Waals surface area contributed by atoms with Crippen molar-refractivity contribution in [2.75, 3.05) is 0 Å². The minimum Gasteiger partial charge on any atom is -0.419 e. The highest BCUT2D eigenvalue weighted by molar-refractivity contribution is 7.13. The Morgan fingerprint density at radius 3 is 2.92 bits per heavy atom. The first-order valence-corrected chi connectivity index (χ1v) is 8.27. The number of nitro benzene ring substituents is 1. The first-order valence-electron chi connectivity index (χ1n) is 7.39. The SMILES string of the molecule is Cc1ccc(C(C)NCc2nnc(-c3cccs3)o2)cc1[N+](=O)[O-]. The van der Waals surface area contributed by atoms with Gasteiger partial charge in [0, 0.05) is 17.7 Å². The highest BCUT2D eigenvalue weighted by Gasteiger charge is 2.15. The van der Waals surface area contributed by atoms with Crippen molar-refractivity contribution in [3.8, 4) is 10.8 Å². The number of rotatable bonds is 6. The molecule has 0 radical (unpaired) electrons. The monoisotopic (exact) mass is 344 g/mol. The highest BCUT2D eigenvalue weighted by Crippen LogP contribution is 2.25. The van der Waals surface area contributed by atoms with Gasteiger partial charge in [-0.25, -0.2) is 0 Å². The average Bonchev–Trinajstić information content (AvgIpc) is 3.24. The van der Waals surface area contributed by atoms with Gasteiger partial charge in [0.05, 0.1) is 16.3 Å². The van der Waals surface area contributed by atoms with Crippen molar-refractivity contribution < 1.29 is 9.34 Å². The number of hydrogen-bond donors (Lipinski definition) is 1. The second kappa shape index (κ2) is 6.90. The van der Waals surface area contributed by atoms with Crippen LogP contribution in [-0.2, 0) is 6.54 Å². The predicted molar refractivity (Wildman–Crippen MR) is 90.7 cm³/mol. The molecule has 8 heteroatoms. The molecule has 0 aliphatic carbocycles. The number of nitrogens with zero attached hydrogens (tertiary/aromatic N) is 3. The fourth-order valence-electron chi connectivity index (χ4n) is 2.28. The van der Waals surface area contributed by atoms with Gasteiger partial charge in [-0.15, -0.1) is 21.5 Å². The van der Waals surface area contributed by atoms with Gasteiger partial charge in [-0.2, -0.15) is 0 Å². The Morgan fingerprint density at radius 1 is 1.38 bits per heavy atom. The average molecular weight is 344 g/mol. The molecule has 1 N–H and O–H groups in total. The molecule has 3 rings (SSSR count). The van der Waals surface area contributed by atoms with E-state index in [1.54, 1.807) is 19.1 Å². The molecule has 0 aliphatic rings. The van der Waals surface area contributed by atoms with Crippen molar-refractivity contribution in [1.82, 2.24) is 15.5 Å². The van der Waals surface area contributed by atoms with Crippen LogP contribution in [0.4, 0.5) is 5.69 Å². The number of thiophene rings is 1. The molecule has 1 aromatic carbocycles. The van der Waals surface area contributed by atoms with Gasteiger partial charge < -0.3 is 9.73 Å². The number of nitrogens with one attached hydrogen (secondary N) is 1. The van der Waals surface area contributed by atoms with Gasteiger partial charge >= 0.3 is 0 Å². The minimum atomic E-state index is -0.364. The second-order valence-electron chi connectivity index (χ2n) is 5.38. The van der Waals surface area contributed by atoms with Crippen LogP contribution in [0, 0.1) is 17.0 Å². The summed E-state index contributed by atoms with van der Waals surface area (Å²) >= 11 is 1.54. The third-order valence-electron chi connectivity index (χ3n) is 3.69. The van der Waals surface area contributed by atoms with E-state index < -0.39 is 0 Å². The van der Waals surface area contributed by atoms with Crippen molar-refractivity contribution in [2.24, 2.45) is 0 Å². The van der Waals surface area contributed by atoms with E-state index in [0.29, 0.717) is 23.9 Å². The van der Waals surface area contributed by atoms with Gasteiger partial charge in [-0.05, 0) is 30.9 Å². The Labute approximate surface area is 142 Å². The lowest BCUT2D eigenvalue weighted by Gasteiger charge is -2.13. The van der Waals surface area contributed by atoms with E-state index in [-0.39, 0.29) is 16.7 Å². The highest BCUT2D eigenvalue weighted by atomic mass is 32.1. The Bertz CT molecular complexity index is 845. The molecule has 7 nitrogen and oxygen atoms in total. The van der Waals surface area contributed by atoms with Crippen molar-refractivity contribution in [1.29, 1.82) is 0 Å². The van der Waals surface area contributed by atoms with E-state index in [0.717, 1.165) is 10.4 Å². The molecule has 2 aromatic heterocycles. The molecule has 0 saturated heterocycles. The molecule has 0 aliphatic heterocycles. The molecule has 3 aromatic rings. The molecule has 0 saturated carbocycles. The van der Waals surface area contributed by atoms with E-state index in [1.165, 1.54) is 11.3 Å². The fourth-order valence-corrected chi connectivity index (χ4v) is 2.92. The molecule has 0 amide bonds. The summed E-state index contributed by atoms with van der Waals surface area (Å²) in [5.41, 5.74) is 1.61. The van der Waals surface area contributed by atoms with Crippen LogP contribution in [0.3, 0.4) is 0 Å². The molecular weight excluding hydrogens is 328 g/mol. The van der Waals surface area contributed by atoms with Crippen LogP contribution in [0.25, 0.3) is 10.8 Å². The molecular formula is C16H16N4O3S. The van der Waals surface area contributed by atoms with Gasteiger partial charge in [0.1, 0.15) is 0 Å². The summed E-state index contributed by atoms with van der Waals surface area (Å²) < 4.78 is 5.61. The third kappa shape index (κ3) is 3.50. The number of aryl methyl sites for hydroxylation is 1. The molecule has 2 heterocycles. The first-order chi connectivity index (χ1) is 11.5. The zero-order valence-corrected chi connectivity index (χ0v) is 14.0. The van der Waals surface area contributed by atoms with E-state index in [4.69, 9.17) is 4.42 Å². The van der Waals surface area contributed by atoms with Gasteiger partial charge in [-0.1, -0.05) is 18.2 Å². The Hall–Kier alpha value is -2.58. The van der Waals surface area contributed by atoms with E-state index >= 15 is 0 Å². The van der Waals surface area contributed by atoms with Crippen LogP contribution in [0.1, 0.15) is 30.0 Å². The van der Waals surface area contributed by atoms with Gasteiger partial charge in [-0.3, -0.25) is 10.1 Å². The summed E-state index contributed by atoms with van der Waals surface area (Å²) in [5.74, 6) is 0.979. The molecule has 1 atom stereocenters. The summed E-state index contributed by atoms with van der Waals surface area (Å²) in [6, 6.07) is 9.00. The Morgan fingerprint density at radius 2 is 2.21 bits per heavy atom. The lowest BCUT2D eigenvalue weighted by atomic mass is 10.0. The van der Waals surface area contributed by atoms with Gasteiger partial charge in [0.25, 0.3) is 11.6 Å². The van der Waals surface area contributed by atoms with Crippen LogP contribution in [0.2, 0.25) is 0 Å². The van der Waals surface area contributed by atoms with Crippen LogP contribution in [0.15, 0.2) is 40.1 Å². The van der Waals surface area contributed by atoms with Crippen molar-refractivity contribution in [3.05, 3.63) is 62.8 Å². The maximum absolute atomic E-state index is 11.0. The van der Waals surface area contributed by atoms with Gasteiger partial charge in [0.2, 0.25) is 5.89 Å². The zero-order chi connectivity index (χ0) is 17.1. The Balaban J connectivity index is 1.66. The molecule has 0 bridgehead atoms. The number of hydrogen-bond acceptors (Lipinski definition) is 7.